The van der Waals surface area contributed by atoms with Crippen molar-refractivity contribution < 1.29 is 4.74 Å². The fraction of sp³-hybridized carbons (Fsp3) is 0.333. The first-order chi connectivity index (χ1) is 10.2. The van der Waals surface area contributed by atoms with Crippen LogP contribution in [0.2, 0.25) is 0 Å². The summed E-state index contributed by atoms with van der Waals surface area (Å²) in [6.45, 7) is 0. The number of nitrogens with two attached hydrogens (primary N) is 1. The van der Waals surface area contributed by atoms with Crippen LogP contribution >= 0.6 is 0 Å². The minimum atomic E-state index is 0.468. The van der Waals surface area contributed by atoms with Crippen LogP contribution in [0.1, 0.15) is 24.6 Å². The van der Waals surface area contributed by atoms with Crippen molar-refractivity contribution in [2.24, 2.45) is 5.84 Å². The Kier molecular flexibility index (Phi) is 3.62. The second kappa shape index (κ2) is 5.57. The van der Waals surface area contributed by atoms with E-state index in [0.717, 1.165) is 35.9 Å². The fourth-order valence-electron chi connectivity index (χ4n) is 2.17. The van der Waals surface area contributed by atoms with Gasteiger partial charge in [-0.25, -0.2) is 15.8 Å². The van der Waals surface area contributed by atoms with E-state index in [2.05, 4.69) is 15.4 Å². The Morgan fingerprint density at radius 1 is 1.29 bits per heavy atom. The molecule has 0 bridgehead atoms. The van der Waals surface area contributed by atoms with Gasteiger partial charge in [0.1, 0.15) is 23.2 Å². The Morgan fingerprint density at radius 2 is 2.10 bits per heavy atom. The first kappa shape index (κ1) is 13.6. The van der Waals surface area contributed by atoms with Crippen LogP contribution in [0.3, 0.4) is 0 Å². The predicted molar refractivity (Wildman–Crippen MR) is 82.9 cm³/mol. The maximum Gasteiger partial charge on any atom is 0.145 e. The van der Waals surface area contributed by atoms with Crippen LogP contribution < -0.4 is 20.9 Å². The van der Waals surface area contributed by atoms with Gasteiger partial charge in [0, 0.05) is 30.8 Å². The Hall–Kier alpha value is -2.34. The Labute approximate surface area is 123 Å². The Morgan fingerprint density at radius 3 is 2.76 bits per heavy atom. The van der Waals surface area contributed by atoms with Gasteiger partial charge in [-0.05, 0) is 25.0 Å². The molecular formula is C15H19N5O. The van der Waals surface area contributed by atoms with E-state index in [1.165, 1.54) is 0 Å². The highest BCUT2D eigenvalue weighted by Crippen LogP contribution is 2.39. The number of hydrogen-bond acceptors (Lipinski definition) is 6. The number of nitrogens with one attached hydrogen (secondary N) is 1. The Balaban J connectivity index is 1.95. The van der Waals surface area contributed by atoms with E-state index in [1.807, 2.05) is 42.3 Å². The van der Waals surface area contributed by atoms with Gasteiger partial charge in [-0.1, -0.05) is 6.07 Å². The van der Waals surface area contributed by atoms with Gasteiger partial charge in [0.25, 0.3) is 0 Å². The molecule has 0 amide bonds. The topological polar surface area (TPSA) is 76.3 Å². The van der Waals surface area contributed by atoms with Crippen molar-refractivity contribution >= 4 is 17.3 Å². The summed E-state index contributed by atoms with van der Waals surface area (Å²) in [5, 5.41) is 0. The number of rotatable bonds is 5. The first-order valence-corrected chi connectivity index (χ1v) is 6.94. The number of nitrogens with zero attached hydrogens (tertiary/aromatic N) is 3. The second-order valence-electron chi connectivity index (χ2n) is 5.15. The molecule has 2 aromatic rings. The third-order valence-corrected chi connectivity index (χ3v) is 3.60. The van der Waals surface area contributed by atoms with Crippen LogP contribution in [-0.4, -0.2) is 24.1 Å². The standard InChI is InChI=1S/C15H19N5O/c1-20(11-4-3-5-12(8-11)21-2)14-9-13(19-16)17-15(18-14)10-6-7-10/h3-5,8-10H,6-7,16H2,1-2H3,(H,17,18,19). The summed E-state index contributed by atoms with van der Waals surface area (Å²) < 4.78 is 5.27. The number of hydrogen-bond donors (Lipinski definition) is 2. The maximum atomic E-state index is 5.51. The van der Waals surface area contributed by atoms with Gasteiger partial charge >= 0.3 is 0 Å². The molecule has 6 nitrogen and oxygen atoms in total. The summed E-state index contributed by atoms with van der Waals surface area (Å²) in [6, 6.07) is 9.69. The number of nitrogen functional groups attached to an aromatic ring is 1. The number of aromatic nitrogens is 2. The van der Waals surface area contributed by atoms with Crippen molar-refractivity contribution in [3.63, 3.8) is 0 Å². The lowest BCUT2D eigenvalue weighted by molar-refractivity contribution is 0.415. The summed E-state index contributed by atoms with van der Waals surface area (Å²) in [5.74, 6) is 9.10. The molecule has 1 heterocycles. The average molecular weight is 285 g/mol. The number of ether oxygens (including phenoxy) is 1. The van der Waals surface area contributed by atoms with Gasteiger partial charge < -0.3 is 15.1 Å². The average Bonchev–Trinajstić information content (AvgIpc) is 3.38. The van der Waals surface area contributed by atoms with E-state index in [0.29, 0.717) is 11.7 Å². The molecule has 0 unspecified atom stereocenters. The third kappa shape index (κ3) is 2.90. The maximum absolute atomic E-state index is 5.51. The van der Waals surface area contributed by atoms with Crippen LogP contribution in [0, 0.1) is 0 Å². The molecule has 21 heavy (non-hydrogen) atoms. The minimum absolute atomic E-state index is 0.468. The van der Waals surface area contributed by atoms with Gasteiger partial charge in [0.2, 0.25) is 0 Å². The molecule has 3 N–H and O–H groups in total. The van der Waals surface area contributed by atoms with Gasteiger partial charge in [0.05, 0.1) is 7.11 Å². The molecule has 0 aliphatic heterocycles. The number of anilines is 3. The SMILES string of the molecule is COc1cccc(N(C)c2cc(NN)nc(C3CC3)n2)c1. The third-order valence-electron chi connectivity index (χ3n) is 3.60. The number of methoxy groups -OCH3 is 1. The molecular weight excluding hydrogens is 266 g/mol. The minimum Gasteiger partial charge on any atom is -0.497 e. The molecule has 0 spiro atoms. The van der Waals surface area contributed by atoms with Crippen molar-refractivity contribution in [3.8, 4) is 5.75 Å². The van der Waals surface area contributed by atoms with E-state index in [9.17, 15) is 0 Å². The van der Waals surface area contributed by atoms with Crippen molar-refractivity contribution in [1.29, 1.82) is 0 Å². The zero-order chi connectivity index (χ0) is 14.8. The van der Waals surface area contributed by atoms with Gasteiger partial charge in [-0.15, -0.1) is 0 Å². The highest BCUT2D eigenvalue weighted by atomic mass is 16.5. The van der Waals surface area contributed by atoms with Crippen molar-refractivity contribution in [1.82, 2.24) is 9.97 Å². The van der Waals surface area contributed by atoms with Crippen molar-refractivity contribution in [2.45, 2.75) is 18.8 Å². The largest absolute Gasteiger partial charge is 0.497 e. The van der Waals surface area contributed by atoms with Crippen LogP contribution in [-0.2, 0) is 0 Å². The van der Waals surface area contributed by atoms with E-state index in [1.54, 1.807) is 7.11 Å². The molecule has 1 aliphatic carbocycles. The molecule has 3 rings (SSSR count). The first-order valence-electron chi connectivity index (χ1n) is 6.94. The zero-order valence-corrected chi connectivity index (χ0v) is 12.2. The van der Waals surface area contributed by atoms with E-state index < -0.39 is 0 Å². The Bertz CT molecular complexity index is 642. The second-order valence-corrected chi connectivity index (χ2v) is 5.15. The number of hydrazine groups is 1. The molecule has 1 aliphatic rings. The summed E-state index contributed by atoms with van der Waals surface area (Å²) in [4.78, 5) is 11.1. The predicted octanol–water partition coefficient (Wildman–Crippen LogP) is 2.42. The lowest BCUT2D eigenvalue weighted by atomic mass is 10.2. The van der Waals surface area contributed by atoms with E-state index in [-0.39, 0.29) is 0 Å². The van der Waals surface area contributed by atoms with E-state index >= 15 is 0 Å². The molecule has 0 radical (unpaired) electrons. The van der Waals surface area contributed by atoms with Crippen LogP contribution in [0.4, 0.5) is 17.3 Å². The normalized spacial score (nSPS) is 13.9. The monoisotopic (exact) mass is 285 g/mol. The summed E-state index contributed by atoms with van der Waals surface area (Å²) in [5.41, 5.74) is 3.61. The quantitative estimate of drug-likeness (QED) is 0.649. The van der Waals surface area contributed by atoms with Gasteiger partial charge in [-0.2, -0.15) is 0 Å². The van der Waals surface area contributed by atoms with Crippen LogP contribution in [0.5, 0.6) is 5.75 Å². The number of benzene rings is 1. The van der Waals surface area contributed by atoms with Gasteiger partial charge in [-0.3, -0.25) is 0 Å². The van der Waals surface area contributed by atoms with Crippen LogP contribution in [0.25, 0.3) is 0 Å². The van der Waals surface area contributed by atoms with Crippen molar-refractivity contribution in [2.75, 3.05) is 24.5 Å². The molecule has 0 saturated heterocycles. The smallest absolute Gasteiger partial charge is 0.145 e. The van der Waals surface area contributed by atoms with E-state index in [4.69, 9.17) is 10.6 Å². The highest BCUT2D eigenvalue weighted by Gasteiger charge is 2.27. The molecule has 0 atom stereocenters. The lowest BCUT2D eigenvalue weighted by Crippen LogP contribution is -2.16. The van der Waals surface area contributed by atoms with Crippen molar-refractivity contribution in [3.05, 3.63) is 36.2 Å². The summed E-state index contributed by atoms with van der Waals surface area (Å²) in [6.07, 6.45) is 2.30. The van der Waals surface area contributed by atoms with Crippen LogP contribution in [0.15, 0.2) is 30.3 Å². The molecule has 110 valence electrons. The highest BCUT2D eigenvalue weighted by molar-refractivity contribution is 5.63. The fourth-order valence-corrected chi connectivity index (χ4v) is 2.17. The molecule has 6 heteroatoms. The lowest BCUT2D eigenvalue weighted by Gasteiger charge is -2.20. The van der Waals surface area contributed by atoms with Gasteiger partial charge in [0.15, 0.2) is 0 Å². The molecule has 1 saturated carbocycles. The zero-order valence-electron chi connectivity index (χ0n) is 12.2. The summed E-state index contributed by atoms with van der Waals surface area (Å²) in [7, 11) is 3.62. The molecule has 1 fully saturated rings. The molecule has 1 aromatic carbocycles. The summed E-state index contributed by atoms with van der Waals surface area (Å²) >= 11 is 0. The molecule has 1 aromatic heterocycles.